The Kier molecular flexibility index (Phi) is 5.02. The van der Waals surface area contributed by atoms with Crippen LogP contribution in [0.2, 0.25) is 5.15 Å². The van der Waals surface area contributed by atoms with Crippen LogP contribution in [-0.2, 0) is 9.53 Å². The van der Waals surface area contributed by atoms with E-state index in [4.69, 9.17) is 16.3 Å². The molecular formula is C14H19ClN2O2. The minimum Gasteiger partial charge on any atom is -0.466 e. The monoisotopic (exact) mass is 282 g/mol. The Morgan fingerprint density at radius 3 is 3.16 bits per heavy atom. The summed E-state index contributed by atoms with van der Waals surface area (Å²) in [6.07, 6.45) is 5.53. The Morgan fingerprint density at radius 2 is 2.42 bits per heavy atom. The lowest BCUT2D eigenvalue weighted by atomic mass is 9.85. The first-order valence-electron chi connectivity index (χ1n) is 6.73. The first-order valence-corrected chi connectivity index (χ1v) is 7.11. The van der Waals surface area contributed by atoms with Gasteiger partial charge in [0.2, 0.25) is 0 Å². The number of nitrogens with zero attached hydrogens (tertiary/aromatic N) is 1. The van der Waals surface area contributed by atoms with Crippen molar-refractivity contribution < 1.29 is 9.53 Å². The molecule has 0 aliphatic heterocycles. The Balaban J connectivity index is 1.92. The van der Waals surface area contributed by atoms with Crippen LogP contribution in [0, 0.1) is 5.92 Å². The van der Waals surface area contributed by atoms with E-state index in [0.717, 1.165) is 31.4 Å². The SMILES string of the molecule is CCOC(=O)C1CCCC(Nc2ccnc(Cl)c2)C1. The molecule has 5 heteroatoms. The fourth-order valence-electron chi connectivity index (χ4n) is 2.52. The molecular weight excluding hydrogens is 264 g/mol. The molecule has 1 fully saturated rings. The largest absolute Gasteiger partial charge is 0.466 e. The number of ether oxygens (including phenoxy) is 1. The summed E-state index contributed by atoms with van der Waals surface area (Å²) in [4.78, 5) is 15.7. The van der Waals surface area contributed by atoms with Gasteiger partial charge in [0.15, 0.2) is 0 Å². The number of rotatable bonds is 4. The molecule has 19 heavy (non-hydrogen) atoms. The van der Waals surface area contributed by atoms with Crippen LogP contribution < -0.4 is 5.32 Å². The van der Waals surface area contributed by atoms with Crippen LogP contribution in [0.4, 0.5) is 5.69 Å². The number of carbonyl (C=O) groups excluding carboxylic acids is 1. The van der Waals surface area contributed by atoms with Crippen LogP contribution in [0.25, 0.3) is 0 Å². The predicted octanol–water partition coefficient (Wildman–Crippen LogP) is 3.27. The Bertz CT molecular complexity index is 439. The fraction of sp³-hybridized carbons (Fsp3) is 0.571. The second-order valence-corrected chi connectivity index (χ2v) is 5.21. The maximum Gasteiger partial charge on any atom is 0.308 e. The molecule has 0 aromatic carbocycles. The third kappa shape index (κ3) is 4.10. The summed E-state index contributed by atoms with van der Waals surface area (Å²) < 4.78 is 5.10. The van der Waals surface area contributed by atoms with E-state index < -0.39 is 0 Å². The van der Waals surface area contributed by atoms with Gasteiger partial charge in [-0.3, -0.25) is 4.79 Å². The summed E-state index contributed by atoms with van der Waals surface area (Å²) in [6.45, 7) is 2.29. The van der Waals surface area contributed by atoms with Crippen molar-refractivity contribution in [2.75, 3.05) is 11.9 Å². The van der Waals surface area contributed by atoms with Crippen molar-refractivity contribution in [1.82, 2.24) is 4.98 Å². The number of aromatic nitrogens is 1. The van der Waals surface area contributed by atoms with Gasteiger partial charge in [0.1, 0.15) is 5.15 Å². The minimum atomic E-state index is -0.0678. The average molecular weight is 283 g/mol. The van der Waals surface area contributed by atoms with Crippen molar-refractivity contribution in [2.24, 2.45) is 5.92 Å². The summed E-state index contributed by atoms with van der Waals surface area (Å²) in [6, 6.07) is 3.98. The van der Waals surface area contributed by atoms with Gasteiger partial charge in [0.05, 0.1) is 12.5 Å². The van der Waals surface area contributed by atoms with Crippen LogP contribution in [0.15, 0.2) is 18.3 Å². The van der Waals surface area contributed by atoms with Crippen LogP contribution in [0.1, 0.15) is 32.6 Å². The molecule has 0 radical (unpaired) electrons. The lowest BCUT2D eigenvalue weighted by molar-refractivity contribution is -0.149. The quantitative estimate of drug-likeness (QED) is 0.680. The van der Waals surface area contributed by atoms with Gasteiger partial charge >= 0.3 is 5.97 Å². The molecule has 1 saturated carbocycles. The lowest BCUT2D eigenvalue weighted by Gasteiger charge is -2.29. The molecule has 0 saturated heterocycles. The van der Waals surface area contributed by atoms with Gasteiger partial charge in [-0.25, -0.2) is 4.98 Å². The summed E-state index contributed by atoms with van der Waals surface area (Å²) in [5, 5.41) is 3.89. The van der Waals surface area contributed by atoms with Crippen LogP contribution in [-0.4, -0.2) is 23.6 Å². The number of hydrogen-bond acceptors (Lipinski definition) is 4. The molecule has 1 aliphatic carbocycles. The topological polar surface area (TPSA) is 51.2 Å². The van der Waals surface area contributed by atoms with Gasteiger partial charge < -0.3 is 10.1 Å². The number of carbonyl (C=O) groups is 1. The molecule has 2 atom stereocenters. The lowest BCUT2D eigenvalue weighted by Crippen LogP contribution is -2.32. The zero-order chi connectivity index (χ0) is 13.7. The van der Waals surface area contributed by atoms with Crippen molar-refractivity contribution in [2.45, 2.75) is 38.6 Å². The number of hydrogen-bond donors (Lipinski definition) is 1. The molecule has 0 amide bonds. The summed E-state index contributed by atoms with van der Waals surface area (Å²) >= 11 is 5.86. The maximum atomic E-state index is 11.8. The molecule has 4 nitrogen and oxygen atoms in total. The van der Waals surface area contributed by atoms with E-state index in [2.05, 4.69) is 10.3 Å². The summed E-state index contributed by atoms with van der Waals surface area (Å²) in [7, 11) is 0. The second-order valence-electron chi connectivity index (χ2n) is 4.82. The number of esters is 1. The number of halogens is 1. The van der Waals surface area contributed by atoms with Crippen molar-refractivity contribution in [1.29, 1.82) is 0 Å². The average Bonchev–Trinajstić information content (AvgIpc) is 2.39. The summed E-state index contributed by atoms with van der Waals surface area (Å²) in [5.41, 5.74) is 0.953. The molecule has 2 unspecified atom stereocenters. The van der Waals surface area contributed by atoms with Gasteiger partial charge in [0, 0.05) is 17.9 Å². The molecule has 2 rings (SSSR count). The zero-order valence-electron chi connectivity index (χ0n) is 11.1. The molecule has 104 valence electrons. The van der Waals surface area contributed by atoms with Crippen molar-refractivity contribution in [3.05, 3.63) is 23.5 Å². The van der Waals surface area contributed by atoms with E-state index >= 15 is 0 Å². The highest BCUT2D eigenvalue weighted by molar-refractivity contribution is 6.29. The van der Waals surface area contributed by atoms with Gasteiger partial charge in [-0.15, -0.1) is 0 Å². The maximum absolute atomic E-state index is 11.8. The Labute approximate surface area is 118 Å². The van der Waals surface area contributed by atoms with E-state index in [1.807, 2.05) is 13.0 Å². The predicted molar refractivity (Wildman–Crippen MR) is 75.2 cm³/mol. The Hall–Kier alpha value is -1.29. The molecule has 1 aromatic heterocycles. The summed E-state index contributed by atoms with van der Waals surface area (Å²) in [5.74, 6) is -0.0507. The van der Waals surface area contributed by atoms with Crippen LogP contribution >= 0.6 is 11.6 Å². The van der Waals surface area contributed by atoms with Gasteiger partial charge in [-0.2, -0.15) is 0 Å². The number of pyridine rings is 1. The molecule has 1 aromatic rings. The van der Waals surface area contributed by atoms with Crippen molar-refractivity contribution >= 4 is 23.3 Å². The van der Waals surface area contributed by atoms with Crippen molar-refractivity contribution in [3.8, 4) is 0 Å². The van der Waals surface area contributed by atoms with E-state index in [0.29, 0.717) is 17.8 Å². The molecule has 1 heterocycles. The Morgan fingerprint density at radius 1 is 1.58 bits per heavy atom. The van der Waals surface area contributed by atoms with Crippen LogP contribution in [0.3, 0.4) is 0 Å². The smallest absolute Gasteiger partial charge is 0.308 e. The van der Waals surface area contributed by atoms with E-state index in [1.54, 1.807) is 12.3 Å². The standard InChI is InChI=1S/C14H19ClN2O2/c1-2-19-14(18)10-4-3-5-11(8-10)17-12-6-7-16-13(15)9-12/h6-7,9-11H,2-5,8H2,1H3,(H,16,17). The number of anilines is 1. The third-order valence-electron chi connectivity index (χ3n) is 3.39. The van der Waals surface area contributed by atoms with Gasteiger partial charge in [-0.1, -0.05) is 18.0 Å². The first-order chi connectivity index (χ1) is 9.19. The van der Waals surface area contributed by atoms with Gasteiger partial charge in [0.25, 0.3) is 0 Å². The normalized spacial score (nSPS) is 22.8. The highest BCUT2D eigenvalue weighted by Gasteiger charge is 2.28. The van der Waals surface area contributed by atoms with Crippen molar-refractivity contribution in [3.63, 3.8) is 0 Å². The highest BCUT2D eigenvalue weighted by atomic mass is 35.5. The number of nitrogens with one attached hydrogen (secondary N) is 1. The third-order valence-corrected chi connectivity index (χ3v) is 3.60. The molecule has 0 spiro atoms. The second kappa shape index (κ2) is 6.75. The highest BCUT2D eigenvalue weighted by Crippen LogP contribution is 2.28. The van der Waals surface area contributed by atoms with E-state index in [1.165, 1.54) is 0 Å². The van der Waals surface area contributed by atoms with Crippen LogP contribution in [0.5, 0.6) is 0 Å². The van der Waals surface area contributed by atoms with E-state index in [-0.39, 0.29) is 11.9 Å². The molecule has 0 bridgehead atoms. The minimum absolute atomic E-state index is 0.0171. The molecule has 1 N–H and O–H groups in total. The van der Waals surface area contributed by atoms with Gasteiger partial charge in [-0.05, 0) is 38.3 Å². The fourth-order valence-corrected chi connectivity index (χ4v) is 2.70. The zero-order valence-corrected chi connectivity index (χ0v) is 11.8. The molecule has 1 aliphatic rings. The van der Waals surface area contributed by atoms with E-state index in [9.17, 15) is 4.79 Å². The first kappa shape index (κ1) is 14.1.